The summed E-state index contributed by atoms with van der Waals surface area (Å²) < 4.78 is 10.3. The van der Waals surface area contributed by atoms with Crippen molar-refractivity contribution in [1.29, 1.82) is 0 Å². The zero-order valence-electron chi connectivity index (χ0n) is 11.0. The predicted molar refractivity (Wildman–Crippen MR) is 76.7 cm³/mol. The first-order valence-corrected chi connectivity index (χ1v) is 6.18. The summed E-state index contributed by atoms with van der Waals surface area (Å²) >= 11 is 5.77. The summed E-state index contributed by atoms with van der Waals surface area (Å²) in [6.45, 7) is 0. The fourth-order valence-corrected chi connectivity index (χ4v) is 1.82. The third kappa shape index (κ3) is 3.19. The van der Waals surface area contributed by atoms with E-state index in [2.05, 4.69) is 10.3 Å². The highest BCUT2D eigenvalue weighted by Gasteiger charge is 2.14. The zero-order chi connectivity index (χ0) is 14.5. The van der Waals surface area contributed by atoms with Gasteiger partial charge in [0.2, 0.25) is 0 Å². The first-order valence-electron chi connectivity index (χ1n) is 5.80. The summed E-state index contributed by atoms with van der Waals surface area (Å²) in [6, 6.07) is 9.96. The second-order valence-corrected chi connectivity index (χ2v) is 4.25. The van der Waals surface area contributed by atoms with Crippen molar-refractivity contribution >= 4 is 23.3 Å². The van der Waals surface area contributed by atoms with Crippen LogP contribution in [0.2, 0.25) is 5.15 Å². The monoisotopic (exact) mass is 292 g/mol. The molecule has 0 unspecified atom stereocenters. The van der Waals surface area contributed by atoms with Gasteiger partial charge in [-0.05, 0) is 30.3 Å². The van der Waals surface area contributed by atoms with Crippen LogP contribution in [0.3, 0.4) is 0 Å². The number of halogens is 1. The van der Waals surface area contributed by atoms with E-state index >= 15 is 0 Å². The Morgan fingerprint density at radius 3 is 2.65 bits per heavy atom. The molecule has 0 spiro atoms. The molecule has 6 heteroatoms. The van der Waals surface area contributed by atoms with E-state index in [1.54, 1.807) is 36.4 Å². The average molecular weight is 293 g/mol. The van der Waals surface area contributed by atoms with Crippen LogP contribution < -0.4 is 14.8 Å². The van der Waals surface area contributed by atoms with Gasteiger partial charge >= 0.3 is 0 Å². The Morgan fingerprint density at radius 2 is 2.00 bits per heavy atom. The number of aromatic nitrogens is 1. The van der Waals surface area contributed by atoms with Gasteiger partial charge < -0.3 is 14.8 Å². The number of anilines is 1. The first kappa shape index (κ1) is 14.1. The van der Waals surface area contributed by atoms with Crippen molar-refractivity contribution in [3.05, 3.63) is 47.1 Å². The molecule has 1 aromatic carbocycles. The lowest BCUT2D eigenvalue weighted by Crippen LogP contribution is -2.14. The molecule has 0 radical (unpaired) electrons. The molecule has 2 rings (SSSR count). The first-order chi connectivity index (χ1) is 9.63. The van der Waals surface area contributed by atoms with Gasteiger partial charge in [-0.1, -0.05) is 17.7 Å². The van der Waals surface area contributed by atoms with Crippen LogP contribution >= 0.6 is 11.6 Å². The van der Waals surface area contributed by atoms with Gasteiger partial charge in [0.25, 0.3) is 5.91 Å². The van der Waals surface area contributed by atoms with Gasteiger partial charge in [-0.25, -0.2) is 4.98 Å². The SMILES string of the molecule is COc1ccc(OC)c(C(=O)Nc2cccc(Cl)n2)c1. The number of ether oxygens (including phenoxy) is 2. The molecule has 0 atom stereocenters. The normalized spacial score (nSPS) is 9.95. The largest absolute Gasteiger partial charge is 0.497 e. The Kier molecular flexibility index (Phi) is 4.42. The molecule has 0 aliphatic rings. The van der Waals surface area contributed by atoms with Crippen molar-refractivity contribution in [3.63, 3.8) is 0 Å². The van der Waals surface area contributed by atoms with Crippen LogP contribution in [0, 0.1) is 0 Å². The second kappa shape index (κ2) is 6.25. The van der Waals surface area contributed by atoms with Crippen LogP contribution in [0.25, 0.3) is 0 Å². The van der Waals surface area contributed by atoms with Crippen molar-refractivity contribution in [2.24, 2.45) is 0 Å². The summed E-state index contributed by atoms with van der Waals surface area (Å²) in [7, 11) is 3.03. The number of nitrogens with one attached hydrogen (secondary N) is 1. The van der Waals surface area contributed by atoms with Gasteiger partial charge in [-0.3, -0.25) is 4.79 Å². The Labute approximate surface area is 121 Å². The molecule has 1 heterocycles. The number of hydrogen-bond acceptors (Lipinski definition) is 4. The minimum absolute atomic E-state index is 0.306. The van der Waals surface area contributed by atoms with Gasteiger partial charge in [0.05, 0.1) is 19.8 Å². The zero-order valence-corrected chi connectivity index (χ0v) is 11.8. The molecule has 0 saturated carbocycles. The summed E-state index contributed by atoms with van der Waals surface area (Å²) in [6.07, 6.45) is 0. The lowest BCUT2D eigenvalue weighted by molar-refractivity contribution is 0.102. The summed E-state index contributed by atoms with van der Waals surface area (Å²) in [5.41, 5.74) is 0.355. The van der Waals surface area contributed by atoms with Crippen molar-refractivity contribution in [3.8, 4) is 11.5 Å². The number of amides is 1. The summed E-state index contributed by atoms with van der Waals surface area (Å²) in [4.78, 5) is 16.2. The number of pyridine rings is 1. The molecule has 2 aromatic rings. The fourth-order valence-electron chi connectivity index (χ4n) is 1.65. The van der Waals surface area contributed by atoms with Gasteiger partial charge in [0.1, 0.15) is 22.5 Å². The van der Waals surface area contributed by atoms with Crippen LogP contribution in [-0.2, 0) is 0 Å². The molecule has 104 valence electrons. The molecule has 20 heavy (non-hydrogen) atoms. The standard InChI is InChI=1S/C14H13ClN2O3/c1-19-9-6-7-11(20-2)10(8-9)14(18)17-13-5-3-4-12(15)16-13/h3-8H,1-2H3,(H,16,17,18). The number of hydrogen-bond donors (Lipinski definition) is 1. The van der Waals surface area contributed by atoms with Crippen LogP contribution in [0.1, 0.15) is 10.4 Å². The van der Waals surface area contributed by atoms with Crippen LogP contribution in [0.4, 0.5) is 5.82 Å². The maximum absolute atomic E-state index is 12.2. The Balaban J connectivity index is 2.28. The molecular weight excluding hydrogens is 280 g/mol. The molecule has 0 aliphatic carbocycles. The molecule has 0 fully saturated rings. The highest BCUT2D eigenvalue weighted by molar-refractivity contribution is 6.29. The molecule has 5 nitrogen and oxygen atoms in total. The van der Waals surface area contributed by atoms with Crippen molar-refractivity contribution in [2.45, 2.75) is 0 Å². The number of nitrogens with zero attached hydrogens (tertiary/aromatic N) is 1. The van der Waals surface area contributed by atoms with E-state index in [4.69, 9.17) is 21.1 Å². The minimum atomic E-state index is -0.351. The van der Waals surface area contributed by atoms with Crippen LogP contribution in [0.15, 0.2) is 36.4 Å². The van der Waals surface area contributed by atoms with E-state index in [1.165, 1.54) is 14.2 Å². The molecule has 0 aliphatic heterocycles. The van der Waals surface area contributed by atoms with Gasteiger partial charge in [-0.2, -0.15) is 0 Å². The fraction of sp³-hybridized carbons (Fsp3) is 0.143. The van der Waals surface area contributed by atoms with Crippen molar-refractivity contribution in [2.75, 3.05) is 19.5 Å². The quantitative estimate of drug-likeness (QED) is 0.880. The number of rotatable bonds is 4. The second-order valence-electron chi connectivity index (χ2n) is 3.87. The highest BCUT2D eigenvalue weighted by Crippen LogP contribution is 2.24. The van der Waals surface area contributed by atoms with Crippen LogP contribution in [0.5, 0.6) is 11.5 Å². The summed E-state index contributed by atoms with van der Waals surface area (Å²) in [5, 5.41) is 2.96. The number of carbonyl (C=O) groups is 1. The Morgan fingerprint density at radius 1 is 1.20 bits per heavy atom. The number of benzene rings is 1. The van der Waals surface area contributed by atoms with E-state index in [1.807, 2.05) is 0 Å². The minimum Gasteiger partial charge on any atom is -0.497 e. The van der Waals surface area contributed by atoms with E-state index in [0.29, 0.717) is 28.0 Å². The van der Waals surface area contributed by atoms with Crippen molar-refractivity contribution in [1.82, 2.24) is 4.98 Å². The van der Waals surface area contributed by atoms with Gasteiger partial charge in [0.15, 0.2) is 0 Å². The van der Waals surface area contributed by atoms with E-state index in [9.17, 15) is 4.79 Å². The molecule has 1 amide bonds. The number of carbonyl (C=O) groups excluding carboxylic acids is 1. The molecule has 0 saturated heterocycles. The molecule has 0 bridgehead atoms. The highest BCUT2D eigenvalue weighted by atomic mass is 35.5. The predicted octanol–water partition coefficient (Wildman–Crippen LogP) is 3.00. The Bertz CT molecular complexity index is 632. The number of methoxy groups -OCH3 is 2. The van der Waals surface area contributed by atoms with Gasteiger partial charge in [0, 0.05) is 0 Å². The molecule has 1 aromatic heterocycles. The molecular formula is C14H13ClN2O3. The maximum Gasteiger partial charge on any atom is 0.260 e. The third-order valence-corrected chi connectivity index (χ3v) is 2.82. The maximum atomic E-state index is 12.2. The lowest BCUT2D eigenvalue weighted by Gasteiger charge is -2.10. The Hall–Kier alpha value is -2.27. The van der Waals surface area contributed by atoms with E-state index < -0.39 is 0 Å². The smallest absolute Gasteiger partial charge is 0.260 e. The molecule has 1 N–H and O–H groups in total. The van der Waals surface area contributed by atoms with Gasteiger partial charge in [-0.15, -0.1) is 0 Å². The average Bonchev–Trinajstić information content (AvgIpc) is 2.46. The lowest BCUT2D eigenvalue weighted by atomic mass is 10.1. The van der Waals surface area contributed by atoms with Crippen LogP contribution in [-0.4, -0.2) is 25.1 Å². The van der Waals surface area contributed by atoms with E-state index in [0.717, 1.165) is 0 Å². The van der Waals surface area contributed by atoms with Crippen molar-refractivity contribution < 1.29 is 14.3 Å². The third-order valence-electron chi connectivity index (χ3n) is 2.61. The topological polar surface area (TPSA) is 60.5 Å². The summed E-state index contributed by atoms with van der Waals surface area (Å²) in [5.74, 6) is 1.03. The van der Waals surface area contributed by atoms with E-state index in [-0.39, 0.29) is 5.91 Å².